The molecular weight excluding hydrogens is 222 g/mol. The van der Waals surface area contributed by atoms with E-state index in [0.717, 1.165) is 12.8 Å². The molecule has 0 heterocycles. The number of halogens is 2. The van der Waals surface area contributed by atoms with Gasteiger partial charge in [0.1, 0.15) is 11.6 Å². The minimum atomic E-state index is -0.678. The molecule has 2 unspecified atom stereocenters. The van der Waals surface area contributed by atoms with E-state index in [1.54, 1.807) is 0 Å². The summed E-state index contributed by atoms with van der Waals surface area (Å²) >= 11 is 0. The zero-order chi connectivity index (χ0) is 12.8. The first-order valence-corrected chi connectivity index (χ1v) is 6.15. The van der Waals surface area contributed by atoms with Crippen molar-refractivity contribution in [2.75, 3.05) is 0 Å². The summed E-state index contributed by atoms with van der Waals surface area (Å²) in [4.78, 5) is 0. The second-order valence-electron chi connectivity index (χ2n) is 4.69. The number of aliphatic hydroxyl groups excluding tert-OH is 1. The predicted molar refractivity (Wildman–Crippen MR) is 64.8 cm³/mol. The van der Waals surface area contributed by atoms with E-state index in [2.05, 4.69) is 6.92 Å². The third-order valence-corrected chi connectivity index (χ3v) is 2.96. The van der Waals surface area contributed by atoms with Crippen molar-refractivity contribution >= 4 is 0 Å². The lowest BCUT2D eigenvalue weighted by Crippen LogP contribution is -2.16. The van der Waals surface area contributed by atoms with Crippen LogP contribution in [-0.2, 0) is 6.42 Å². The molecule has 0 saturated carbocycles. The van der Waals surface area contributed by atoms with E-state index in [1.807, 2.05) is 6.92 Å². The van der Waals surface area contributed by atoms with Crippen LogP contribution < -0.4 is 0 Å². The molecule has 0 bridgehead atoms. The molecule has 0 aliphatic rings. The maximum absolute atomic E-state index is 13.3. The van der Waals surface area contributed by atoms with Crippen LogP contribution in [0.15, 0.2) is 18.2 Å². The van der Waals surface area contributed by atoms with Crippen molar-refractivity contribution in [1.82, 2.24) is 0 Å². The molecule has 1 aromatic rings. The van der Waals surface area contributed by atoms with E-state index in [1.165, 1.54) is 18.2 Å². The third-order valence-electron chi connectivity index (χ3n) is 2.96. The molecule has 0 aliphatic heterocycles. The van der Waals surface area contributed by atoms with Crippen LogP contribution in [0.3, 0.4) is 0 Å². The fourth-order valence-electron chi connectivity index (χ4n) is 2.12. The zero-order valence-electron chi connectivity index (χ0n) is 10.4. The standard InChI is InChI=1S/C14H20F2O/c1-3-5-10(2)8-11(17)9-12-13(15)6-4-7-14(12)16/h4,6-7,10-11,17H,3,5,8-9H2,1-2H3. The van der Waals surface area contributed by atoms with Crippen LogP contribution in [0, 0.1) is 17.6 Å². The third kappa shape index (κ3) is 4.43. The van der Waals surface area contributed by atoms with E-state index >= 15 is 0 Å². The second-order valence-corrected chi connectivity index (χ2v) is 4.69. The Kier molecular flexibility index (Phi) is 5.56. The van der Waals surface area contributed by atoms with Gasteiger partial charge in [-0.05, 0) is 24.5 Å². The fraction of sp³-hybridized carbons (Fsp3) is 0.571. The first kappa shape index (κ1) is 14.1. The Morgan fingerprint density at radius 1 is 1.24 bits per heavy atom. The number of hydrogen-bond donors (Lipinski definition) is 1. The predicted octanol–water partition coefficient (Wildman–Crippen LogP) is 3.69. The fourth-order valence-corrected chi connectivity index (χ4v) is 2.12. The van der Waals surface area contributed by atoms with Gasteiger partial charge in [-0.3, -0.25) is 0 Å². The molecule has 1 rings (SSSR count). The Hall–Kier alpha value is -0.960. The van der Waals surface area contributed by atoms with Crippen LogP contribution in [0.1, 0.15) is 38.7 Å². The van der Waals surface area contributed by atoms with Crippen molar-refractivity contribution in [1.29, 1.82) is 0 Å². The summed E-state index contributed by atoms with van der Waals surface area (Å²) in [6.45, 7) is 4.13. The van der Waals surface area contributed by atoms with Crippen molar-refractivity contribution in [2.24, 2.45) is 5.92 Å². The monoisotopic (exact) mass is 242 g/mol. The summed E-state index contributed by atoms with van der Waals surface area (Å²) in [6.07, 6.45) is 2.04. The zero-order valence-corrected chi connectivity index (χ0v) is 10.4. The molecule has 3 heteroatoms. The largest absolute Gasteiger partial charge is 0.393 e. The average Bonchev–Trinajstić information content (AvgIpc) is 2.24. The SMILES string of the molecule is CCCC(C)CC(O)Cc1c(F)cccc1F. The van der Waals surface area contributed by atoms with E-state index in [-0.39, 0.29) is 12.0 Å². The van der Waals surface area contributed by atoms with Crippen molar-refractivity contribution in [3.05, 3.63) is 35.4 Å². The average molecular weight is 242 g/mol. The molecule has 1 N–H and O–H groups in total. The van der Waals surface area contributed by atoms with Gasteiger partial charge in [-0.2, -0.15) is 0 Å². The van der Waals surface area contributed by atoms with Gasteiger partial charge >= 0.3 is 0 Å². The molecule has 1 aromatic carbocycles. The normalized spacial score (nSPS) is 14.6. The Labute approximate surface area is 101 Å². The second kappa shape index (κ2) is 6.70. The Balaban J connectivity index is 2.59. The molecule has 0 amide bonds. The van der Waals surface area contributed by atoms with Gasteiger partial charge in [0, 0.05) is 12.0 Å². The molecule has 96 valence electrons. The quantitative estimate of drug-likeness (QED) is 0.806. The van der Waals surface area contributed by atoms with Gasteiger partial charge in [0.25, 0.3) is 0 Å². The van der Waals surface area contributed by atoms with Gasteiger partial charge in [0.15, 0.2) is 0 Å². The van der Waals surface area contributed by atoms with Gasteiger partial charge in [-0.15, -0.1) is 0 Å². The minimum Gasteiger partial charge on any atom is -0.393 e. The van der Waals surface area contributed by atoms with Crippen molar-refractivity contribution in [2.45, 2.75) is 45.6 Å². The van der Waals surface area contributed by atoms with Crippen molar-refractivity contribution in [3.8, 4) is 0 Å². The highest BCUT2D eigenvalue weighted by molar-refractivity contribution is 5.20. The Morgan fingerprint density at radius 3 is 2.35 bits per heavy atom. The molecule has 17 heavy (non-hydrogen) atoms. The number of benzene rings is 1. The maximum Gasteiger partial charge on any atom is 0.129 e. The van der Waals surface area contributed by atoms with E-state index < -0.39 is 17.7 Å². The topological polar surface area (TPSA) is 20.2 Å². The maximum atomic E-state index is 13.3. The summed E-state index contributed by atoms with van der Waals surface area (Å²) in [5, 5.41) is 9.82. The van der Waals surface area contributed by atoms with Crippen molar-refractivity contribution < 1.29 is 13.9 Å². The van der Waals surface area contributed by atoms with Crippen LogP contribution in [0.5, 0.6) is 0 Å². The highest BCUT2D eigenvalue weighted by Gasteiger charge is 2.15. The summed E-state index contributed by atoms with van der Waals surface area (Å²) in [5.41, 5.74) is -0.0105. The van der Waals surface area contributed by atoms with Gasteiger partial charge in [-0.1, -0.05) is 32.8 Å². The molecule has 1 nitrogen and oxygen atoms in total. The number of aliphatic hydroxyl groups is 1. The number of hydrogen-bond acceptors (Lipinski definition) is 1. The van der Waals surface area contributed by atoms with Crippen LogP contribution >= 0.6 is 0 Å². The molecule has 0 saturated heterocycles. The van der Waals surface area contributed by atoms with E-state index in [0.29, 0.717) is 12.3 Å². The van der Waals surface area contributed by atoms with Crippen LogP contribution in [0.2, 0.25) is 0 Å². The molecule has 0 spiro atoms. The molecule has 0 aliphatic carbocycles. The first-order chi connectivity index (χ1) is 8.04. The smallest absolute Gasteiger partial charge is 0.129 e. The first-order valence-electron chi connectivity index (χ1n) is 6.15. The Bertz CT molecular complexity index is 332. The van der Waals surface area contributed by atoms with Crippen LogP contribution in [-0.4, -0.2) is 11.2 Å². The lowest BCUT2D eigenvalue weighted by atomic mass is 9.95. The van der Waals surface area contributed by atoms with E-state index in [4.69, 9.17) is 0 Å². The van der Waals surface area contributed by atoms with Crippen LogP contribution in [0.25, 0.3) is 0 Å². The summed E-state index contributed by atoms with van der Waals surface area (Å²) in [7, 11) is 0. The molecule has 2 atom stereocenters. The highest BCUT2D eigenvalue weighted by Crippen LogP contribution is 2.19. The number of rotatable bonds is 6. The molecule has 0 radical (unpaired) electrons. The lowest BCUT2D eigenvalue weighted by molar-refractivity contribution is 0.141. The summed E-state index contributed by atoms with van der Waals surface area (Å²) < 4.78 is 26.7. The minimum absolute atomic E-state index is 0.0105. The molecular formula is C14H20F2O. The van der Waals surface area contributed by atoms with Crippen LogP contribution in [0.4, 0.5) is 8.78 Å². The summed E-state index contributed by atoms with van der Waals surface area (Å²) in [6, 6.07) is 3.78. The van der Waals surface area contributed by atoms with Gasteiger partial charge in [0.2, 0.25) is 0 Å². The van der Waals surface area contributed by atoms with Gasteiger partial charge in [-0.25, -0.2) is 8.78 Å². The Morgan fingerprint density at radius 2 is 1.82 bits per heavy atom. The summed E-state index contributed by atoms with van der Waals surface area (Å²) in [5.74, 6) is -0.774. The van der Waals surface area contributed by atoms with Gasteiger partial charge < -0.3 is 5.11 Å². The van der Waals surface area contributed by atoms with Crippen molar-refractivity contribution in [3.63, 3.8) is 0 Å². The molecule has 0 fully saturated rings. The lowest BCUT2D eigenvalue weighted by Gasteiger charge is -2.16. The van der Waals surface area contributed by atoms with E-state index in [9.17, 15) is 13.9 Å². The molecule has 0 aromatic heterocycles. The van der Waals surface area contributed by atoms with Gasteiger partial charge in [0.05, 0.1) is 6.10 Å². The highest BCUT2D eigenvalue weighted by atomic mass is 19.1.